The molecule has 1 aliphatic heterocycles. The molecular formula is C19H36ClNO3. The van der Waals surface area contributed by atoms with Gasteiger partial charge >= 0.3 is 0 Å². The molecule has 0 aromatic carbocycles. The van der Waals surface area contributed by atoms with E-state index in [1.165, 1.54) is 32.1 Å². The average molecular weight is 362 g/mol. The maximum atomic E-state index is 12.1. The van der Waals surface area contributed by atoms with Gasteiger partial charge in [-0.25, -0.2) is 0 Å². The predicted octanol–water partition coefficient (Wildman–Crippen LogP) is 4.73. The van der Waals surface area contributed by atoms with E-state index in [1.54, 1.807) is 0 Å². The van der Waals surface area contributed by atoms with E-state index in [2.05, 4.69) is 20.8 Å². The van der Waals surface area contributed by atoms with Crippen LogP contribution in [0.15, 0.2) is 0 Å². The highest BCUT2D eigenvalue weighted by Crippen LogP contribution is 2.24. The van der Waals surface area contributed by atoms with Crippen LogP contribution in [0, 0.1) is 0 Å². The molecule has 0 aromatic rings. The third-order valence-corrected chi connectivity index (χ3v) is 4.97. The number of halogens is 1. The van der Waals surface area contributed by atoms with Gasteiger partial charge in [0.1, 0.15) is 5.88 Å². The Morgan fingerprint density at radius 3 is 1.96 bits per heavy atom. The third kappa shape index (κ3) is 7.71. The van der Waals surface area contributed by atoms with E-state index in [-0.39, 0.29) is 30.3 Å². The molecule has 0 aliphatic carbocycles. The predicted molar refractivity (Wildman–Crippen MR) is 99.4 cm³/mol. The van der Waals surface area contributed by atoms with E-state index in [4.69, 9.17) is 21.1 Å². The Morgan fingerprint density at radius 1 is 0.917 bits per heavy atom. The molecule has 1 fully saturated rings. The molecule has 0 spiro atoms. The molecule has 0 radical (unpaired) electrons. The van der Waals surface area contributed by atoms with E-state index >= 15 is 0 Å². The summed E-state index contributed by atoms with van der Waals surface area (Å²) in [6.07, 6.45) is 10.5. The molecule has 1 amide bonds. The first-order valence-corrected chi connectivity index (χ1v) is 10.3. The average Bonchev–Trinajstić information content (AvgIpc) is 3.01. The van der Waals surface area contributed by atoms with Gasteiger partial charge in [-0.2, -0.15) is 0 Å². The summed E-state index contributed by atoms with van der Waals surface area (Å²) in [5, 5.41) is 0. The highest BCUT2D eigenvalue weighted by Gasteiger charge is 2.35. The van der Waals surface area contributed by atoms with Crippen LogP contribution in [0.25, 0.3) is 0 Å². The number of carbonyl (C=O) groups excluding carboxylic acids is 1. The maximum Gasteiger partial charge on any atom is 0.237 e. The number of rotatable bonds is 13. The molecule has 1 rings (SSSR count). The van der Waals surface area contributed by atoms with Crippen LogP contribution in [0.5, 0.6) is 0 Å². The second-order valence-electron chi connectivity index (χ2n) is 6.69. The Bertz CT molecular complexity index is 329. The SMILES string of the molecule is CCCCCCCCCN(CC1OC(CC)C(CC)O1)C(=O)CCl. The van der Waals surface area contributed by atoms with E-state index in [1.807, 2.05) is 4.90 Å². The smallest absolute Gasteiger partial charge is 0.237 e. The van der Waals surface area contributed by atoms with Crippen molar-refractivity contribution in [1.82, 2.24) is 4.90 Å². The molecule has 142 valence electrons. The summed E-state index contributed by atoms with van der Waals surface area (Å²) in [5.74, 6) is 0.000287. The molecule has 0 N–H and O–H groups in total. The summed E-state index contributed by atoms with van der Waals surface area (Å²) in [5.41, 5.74) is 0. The summed E-state index contributed by atoms with van der Waals surface area (Å²) in [4.78, 5) is 13.9. The number of hydrogen-bond donors (Lipinski definition) is 0. The summed E-state index contributed by atoms with van der Waals surface area (Å²) in [7, 11) is 0. The molecule has 0 saturated carbocycles. The van der Waals surface area contributed by atoms with Gasteiger partial charge in [-0.15, -0.1) is 11.6 Å². The molecular weight excluding hydrogens is 326 g/mol. The molecule has 0 aromatic heterocycles. The van der Waals surface area contributed by atoms with Crippen LogP contribution in [-0.4, -0.2) is 48.3 Å². The minimum absolute atomic E-state index is 0.0251. The summed E-state index contributed by atoms with van der Waals surface area (Å²) in [6.45, 7) is 7.69. The van der Waals surface area contributed by atoms with Crippen molar-refractivity contribution in [1.29, 1.82) is 0 Å². The second kappa shape index (κ2) is 13.0. The Balaban J connectivity index is 2.33. The fourth-order valence-electron chi connectivity index (χ4n) is 3.24. The quantitative estimate of drug-likeness (QED) is 0.351. The van der Waals surface area contributed by atoms with Gasteiger partial charge in [0.2, 0.25) is 5.91 Å². The normalized spacial score (nSPS) is 23.6. The van der Waals surface area contributed by atoms with E-state index < -0.39 is 0 Å². The Morgan fingerprint density at radius 2 is 1.46 bits per heavy atom. The van der Waals surface area contributed by atoms with E-state index in [0.717, 1.165) is 32.2 Å². The van der Waals surface area contributed by atoms with Gasteiger partial charge in [-0.1, -0.05) is 59.3 Å². The first-order chi connectivity index (χ1) is 11.7. The number of ether oxygens (including phenoxy) is 2. The lowest BCUT2D eigenvalue weighted by atomic mass is 10.1. The van der Waals surface area contributed by atoms with Gasteiger partial charge in [-0.3, -0.25) is 4.79 Å². The number of alkyl halides is 1. The van der Waals surface area contributed by atoms with Crippen LogP contribution in [0.3, 0.4) is 0 Å². The minimum atomic E-state index is -0.309. The fraction of sp³-hybridized carbons (Fsp3) is 0.947. The third-order valence-electron chi connectivity index (χ3n) is 4.74. The van der Waals surface area contributed by atoms with Crippen molar-refractivity contribution in [2.75, 3.05) is 19.0 Å². The number of unbranched alkanes of at least 4 members (excludes halogenated alkanes) is 6. The second-order valence-corrected chi connectivity index (χ2v) is 6.96. The van der Waals surface area contributed by atoms with Crippen molar-refractivity contribution in [2.45, 2.75) is 97.1 Å². The van der Waals surface area contributed by atoms with Crippen molar-refractivity contribution in [3.05, 3.63) is 0 Å². The van der Waals surface area contributed by atoms with Gasteiger partial charge < -0.3 is 14.4 Å². The van der Waals surface area contributed by atoms with Crippen LogP contribution >= 0.6 is 11.6 Å². The van der Waals surface area contributed by atoms with Crippen LogP contribution in [0.1, 0.15) is 78.6 Å². The minimum Gasteiger partial charge on any atom is -0.345 e. The molecule has 24 heavy (non-hydrogen) atoms. The number of nitrogens with zero attached hydrogens (tertiary/aromatic N) is 1. The molecule has 5 heteroatoms. The summed E-state index contributed by atoms with van der Waals surface area (Å²) >= 11 is 5.77. The lowest BCUT2D eigenvalue weighted by Gasteiger charge is -2.24. The lowest BCUT2D eigenvalue weighted by molar-refractivity contribution is -0.137. The topological polar surface area (TPSA) is 38.8 Å². The van der Waals surface area contributed by atoms with Gasteiger partial charge in [0.05, 0.1) is 18.8 Å². The maximum absolute atomic E-state index is 12.1. The molecule has 0 bridgehead atoms. The zero-order chi connectivity index (χ0) is 17.8. The number of hydrogen-bond acceptors (Lipinski definition) is 3. The van der Waals surface area contributed by atoms with Crippen molar-refractivity contribution in [3.63, 3.8) is 0 Å². The van der Waals surface area contributed by atoms with Crippen molar-refractivity contribution in [2.24, 2.45) is 0 Å². The van der Waals surface area contributed by atoms with E-state index in [9.17, 15) is 4.79 Å². The molecule has 1 aliphatic rings. The molecule has 2 atom stereocenters. The van der Waals surface area contributed by atoms with Gasteiger partial charge in [0.15, 0.2) is 6.29 Å². The van der Waals surface area contributed by atoms with Crippen LogP contribution < -0.4 is 0 Å². The zero-order valence-electron chi connectivity index (χ0n) is 15.8. The lowest BCUT2D eigenvalue weighted by Crippen LogP contribution is -2.39. The Hall–Kier alpha value is -0.320. The molecule has 2 unspecified atom stereocenters. The first kappa shape index (κ1) is 21.7. The monoisotopic (exact) mass is 361 g/mol. The van der Waals surface area contributed by atoms with Crippen LogP contribution in [0.4, 0.5) is 0 Å². The zero-order valence-corrected chi connectivity index (χ0v) is 16.5. The Kier molecular flexibility index (Phi) is 11.7. The van der Waals surface area contributed by atoms with Gasteiger partial charge in [0.25, 0.3) is 0 Å². The van der Waals surface area contributed by atoms with Gasteiger partial charge in [-0.05, 0) is 19.3 Å². The van der Waals surface area contributed by atoms with Gasteiger partial charge in [0, 0.05) is 6.54 Å². The Labute approximate surface area is 153 Å². The largest absolute Gasteiger partial charge is 0.345 e. The van der Waals surface area contributed by atoms with Crippen molar-refractivity contribution in [3.8, 4) is 0 Å². The summed E-state index contributed by atoms with van der Waals surface area (Å²) in [6, 6.07) is 0. The molecule has 4 nitrogen and oxygen atoms in total. The highest BCUT2D eigenvalue weighted by molar-refractivity contribution is 6.27. The standard InChI is InChI=1S/C19H36ClNO3/c1-4-7-8-9-10-11-12-13-21(18(22)14-20)15-19-23-16(5-2)17(6-3)24-19/h16-17,19H,4-15H2,1-3H3. The molecule has 1 heterocycles. The molecule has 1 saturated heterocycles. The first-order valence-electron chi connectivity index (χ1n) is 9.80. The van der Waals surface area contributed by atoms with E-state index in [0.29, 0.717) is 6.54 Å². The number of carbonyl (C=O) groups is 1. The van der Waals surface area contributed by atoms with Crippen LogP contribution in [-0.2, 0) is 14.3 Å². The van der Waals surface area contributed by atoms with Crippen molar-refractivity contribution >= 4 is 17.5 Å². The van der Waals surface area contributed by atoms with Crippen LogP contribution in [0.2, 0.25) is 0 Å². The highest BCUT2D eigenvalue weighted by atomic mass is 35.5. The number of amides is 1. The summed E-state index contributed by atoms with van der Waals surface area (Å²) < 4.78 is 11.9. The fourth-order valence-corrected chi connectivity index (χ4v) is 3.41. The van der Waals surface area contributed by atoms with Crippen molar-refractivity contribution < 1.29 is 14.3 Å².